The molecule has 0 atom stereocenters. The van der Waals surface area contributed by atoms with Crippen LogP contribution in [0.4, 0.5) is 0 Å². The zero-order valence-electron chi connectivity index (χ0n) is 11.9. The van der Waals surface area contributed by atoms with Crippen LogP contribution in [0.1, 0.15) is 1.43 Å². The van der Waals surface area contributed by atoms with Gasteiger partial charge < -0.3 is 29.9 Å². The fourth-order valence-electron chi connectivity index (χ4n) is 2.14. The number of hydrogen-bond donors (Lipinski definition) is 5. The standard InChI is InChI=1S/C15H10O7/c16-7-4-10(19)12-11(5-7)22-15(14(21)13(12)20)6-1-2-8(17)9(18)3-6/h1-5,16-19,21H/p+1. The summed E-state index contributed by atoms with van der Waals surface area (Å²) in [5.74, 6) is -2.71. The molecule has 3 aromatic rings. The van der Waals surface area contributed by atoms with Crippen LogP contribution in [0.2, 0.25) is 0 Å². The van der Waals surface area contributed by atoms with E-state index in [0.717, 1.165) is 24.3 Å². The van der Waals surface area contributed by atoms with Crippen LogP contribution in [0.15, 0.2) is 39.5 Å². The van der Waals surface area contributed by atoms with Crippen molar-refractivity contribution >= 4 is 11.0 Å². The van der Waals surface area contributed by atoms with Crippen molar-refractivity contribution in [2.75, 3.05) is 0 Å². The Balaban J connectivity index is 0.00000192. The minimum atomic E-state index is -0.888. The lowest BCUT2D eigenvalue weighted by Gasteiger charge is -2.08. The minimum Gasteiger partial charge on any atom is -0.508 e. The van der Waals surface area contributed by atoms with Gasteiger partial charge in [0.1, 0.15) is 22.5 Å². The summed E-state index contributed by atoms with van der Waals surface area (Å²) in [6.45, 7) is 0. The highest BCUT2D eigenvalue weighted by Gasteiger charge is 2.19. The van der Waals surface area contributed by atoms with Gasteiger partial charge in [0.2, 0.25) is 11.2 Å². The van der Waals surface area contributed by atoms with Gasteiger partial charge in [0, 0.05) is 17.7 Å². The largest absolute Gasteiger partial charge is 1.00 e. The first-order valence-electron chi connectivity index (χ1n) is 6.12. The zero-order chi connectivity index (χ0) is 16.0. The Morgan fingerprint density at radius 1 is 0.864 bits per heavy atom. The highest BCUT2D eigenvalue weighted by molar-refractivity contribution is 5.88. The summed E-state index contributed by atoms with van der Waals surface area (Å²) in [6, 6.07) is 5.64. The smallest absolute Gasteiger partial charge is 0.508 e. The normalized spacial score (nSPS) is 10.9. The third-order valence-corrected chi connectivity index (χ3v) is 3.17. The van der Waals surface area contributed by atoms with Crippen molar-refractivity contribution in [3.05, 3.63) is 40.6 Å². The highest BCUT2D eigenvalue weighted by atomic mass is 16.4. The molecule has 2 aromatic carbocycles. The fourth-order valence-corrected chi connectivity index (χ4v) is 2.14. The molecule has 1 heterocycles. The van der Waals surface area contributed by atoms with Gasteiger partial charge in [-0.2, -0.15) is 0 Å². The third-order valence-electron chi connectivity index (χ3n) is 3.17. The van der Waals surface area contributed by atoms with Gasteiger partial charge in [0.25, 0.3) is 0 Å². The Hall–Kier alpha value is -3.35. The zero-order valence-corrected chi connectivity index (χ0v) is 10.9. The maximum Gasteiger partial charge on any atom is 1.00 e. The summed E-state index contributed by atoms with van der Waals surface area (Å²) >= 11 is 0. The van der Waals surface area contributed by atoms with E-state index in [1.807, 2.05) is 0 Å². The van der Waals surface area contributed by atoms with Gasteiger partial charge in [-0.3, -0.25) is 4.79 Å². The predicted molar refractivity (Wildman–Crippen MR) is 77.4 cm³/mol. The summed E-state index contributed by atoms with van der Waals surface area (Å²) in [7, 11) is 0. The lowest BCUT2D eigenvalue weighted by atomic mass is 10.1. The molecule has 112 valence electrons. The van der Waals surface area contributed by atoms with Crippen molar-refractivity contribution in [1.29, 1.82) is 0 Å². The van der Waals surface area contributed by atoms with Crippen LogP contribution in [0, 0.1) is 0 Å². The number of benzene rings is 2. The minimum absolute atomic E-state index is 0. The van der Waals surface area contributed by atoms with Crippen LogP contribution in [-0.2, 0) is 0 Å². The average Bonchev–Trinajstić information content (AvgIpc) is 2.45. The molecule has 5 N–H and O–H groups in total. The van der Waals surface area contributed by atoms with E-state index in [9.17, 15) is 30.3 Å². The van der Waals surface area contributed by atoms with E-state index in [1.165, 1.54) is 6.07 Å². The van der Waals surface area contributed by atoms with Crippen LogP contribution in [0.25, 0.3) is 22.3 Å². The van der Waals surface area contributed by atoms with Crippen molar-refractivity contribution in [3.8, 4) is 40.1 Å². The molecule has 0 amide bonds. The molecule has 0 saturated carbocycles. The Kier molecular flexibility index (Phi) is 2.84. The van der Waals surface area contributed by atoms with Crippen LogP contribution in [0.3, 0.4) is 0 Å². The number of phenolic OH excluding ortho intramolecular Hbond substituents is 4. The molecule has 0 saturated heterocycles. The first-order chi connectivity index (χ1) is 10.4. The lowest BCUT2D eigenvalue weighted by Crippen LogP contribution is -2.02. The monoisotopic (exact) mass is 303 g/mol. The molecule has 0 radical (unpaired) electrons. The number of hydrogen-bond acceptors (Lipinski definition) is 7. The first kappa shape index (κ1) is 13.6. The molecule has 3 rings (SSSR count). The molecular formula is C15H11O7+. The quantitative estimate of drug-likeness (QED) is 0.435. The molecule has 0 fully saturated rings. The van der Waals surface area contributed by atoms with Gasteiger partial charge in [-0.25, -0.2) is 0 Å². The van der Waals surface area contributed by atoms with Gasteiger partial charge in [0.05, 0.1) is 0 Å². The van der Waals surface area contributed by atoms with E-state index >= 15 is 0 Å². The summed E-state index contributed by atoms with van der Waals surface area (Å²) in [5, 5.41) is 47.6. The van der Waals surface area contributed by atoms with Gasteiger partial charge in [-0.05, 0) is 18.2 Å². The van der Waals surface area contributed by atoms with Gasteiger partial charge in [-0.1, -0.05) is 0 Å². The third kappa shape index (κ3) is 1.96. The molecule has 0 aliphatic rings. The van der Waals surface area contributed by atoms with Crippen LogP contribution in [-0.4, -0.2) is 25.5 Å². The highest BCUT2D eigenvalue weighted by Crippen LogP contribution is 2.37. The van der Waals surface area contributed by atoms with Crippen molar-refractivity contribution < 1.29 is 31.4 Å². The van der Waals surface area contributed by atoms with E-state index < -0.39 is 22.7 Å². The summed E-state index contributed by atoms with van der Waals surface area (Å²) in [4.78, 5) is 12.1. The van der Waals surface area contributed by atoms with Crippen molar-refractivity contribution in [1.82, 2.24) is 0 Å². The Bertz CT molecular complexity index is 962. The fraction of sp³-hybridized carbons (Fsp3) is 0. The molecule has 0 spiro atoms. The lowest BCUT2D eigenvalue weighted by molar-refractivity contribution is 0.403. The molecule has 1 aromatic heterocycles. The summed E-state index contributed by atoms with van der Waals surface area (Å²) < 4.78 is 5.35. The Labute approximate surface area is 124 Å². The maximum absolute atomic E-state index is 12.1. The number of fused-ring (bicyclic) bond motifs is 1. The van der Waals surface area contributed by atoms with Crippen molar-refractivity contribution in [2.24, 2.45) is 0 Å². The first-order valence-corrected chi connectivity index (χ1v) is 6.12. The molecule has 0 bridgehead atoms. The topological polar surface area (TPSA) is 131 Å². The van der Waals surface area contributed by atoms with Gasteiger partial charge in [-0.15, -0.1) is 0 Å². The van der Waals surface area contributed by atoms with Gasteiger partial charge >= 0.3 is 1.43 Å². The summed E-state index contributed by atoms with van der Waals surface area (Å²) in [5.41, 5.74) is -0.890. The number of aromatic hydroxyl groups is 5. The van der Waals surface area contributed by atoms with E-state index in [0.29, 0.717) is 0 Å². The molecule has 0 aliphatic carbocycles. The van der Waals surface area contributed by atoms with Crippen LogP contribution < -0.4 is 5.43 Å². The van der Waals surface area contributed by atoms with Crippen LogP contribution in [0.5, 0.6) is 28.7 Å². The second-order valence-corrected chi connectivity index (χ2v) is 4.65. The van der Waals surface area contributed by atoms with E-state index in [1.54, 1.807) is 0 Å². The molecule has 0 unspecified atom stereocenters. The van der Waals surface area contributed by atoms with E-state index in [4.69, 9.17) is 4.42 Å². The molecule has 0 aliphatic heterocycles. The summed E-state index contributed by atoms with van der Waals surface area (Å²) in [6.07, 6.45) is 0. The van der Waals surface area contributed by atoms with E-state index in [-0.39, 0.29) is 35.2 Å². The number of phenols is 4. The second-order valence-electron chi connectivity index (χ2n) is 4.65. The SMILES string of the molecule is O=c1c(O)c(-c2ccc(O)c(O)c2)oc2cc(O)cc(O)c12.[H+]. The van der Waals surface area contributed by atoms with Crippen LogP contribution >= 0.6 is 0 Å². The number of rotatable bonds is 1. The van der Waals surface area contributed by atoms with Gasteiger partial charge in [0.15, 0.2) is 17.3 Å². The molecule has 7 heteroatoms. The van der Waals surface area contributed by atoms with Crippen molar-refractivity contribution in [3.63, 3.8) is 0 Å². The Morgan fingerprint density at radius 2 is 1.59 bits per heavy atom. The molecule has 7 nitrogen and oxygen atoms in total. The predicted octanol–water partition coefficient (Wildman–Crippen LogP) is 2.10. The average molecular weight is 303 g/mol. The second kappa shape index (κ2) is 4.59. The molecular weight excluding hydrogens is 292 g/mol. The maximum atomic E-state index is 12.1. The van der Waals surface area contributed by atoms with E-state index in [2.05, 4.69) is 0 Å². The molecule has 22 heavy (non-hydrogen) atoms. The Morgan fingerprint density at radius 3 is 2.27 bits per heavy atom. The van der Waals surface area contributed by atoms with Crippen molar-refractivity contribution in [2.45, 2.75) is 0 Å².